The first kappa shape index (κ1) is 12.1. The molecule has 0 fully saturated rings. The molecular formula is C8H6F5NS. The molecule has 15 heavy (non-hydrogen) atoms. The number of nitrogen functional groups attached to an aromatic ring is 1. The Morgan fingerprint density at radius 3 is 2.27 bits per heavy atom. The first-order chi connectivity index (χ1) is 6.79. The van der Waals surface area contributed by atoms with Gasteiger partial charge in [0.2, 0.25) is 0 Å². The molecule has 0 aromatic heterocycles. The Kier molecular flexibility index (Phi) is 3.43. The van der Waals surface area contributed by atoms with E-state index in [9.17, 15) is 22.0 Å². The number of nitrogens with two attached hydrogens (primary N) is 1. The average molecular weight is 243 g/mol. The van der Waals surface area contributed by atoms with Gasteiger partial charge in [0.05, 0.1) is 0 Å². The topological polar surface area (TPSA) is 26.0 Å². The minimum atomic E-state index is -4.58. The molecular weight excluding hydrogens is 237 g/mol. The van der Waals surface area contributed by atoms with E-state index in [4.69, 9.17) is 5.73 Å². The summed E-state index contributed by atoms with van der Waals surface area (Å²) in [5, 5.41) is 0. The normalized spacial score (nSPS) is 12.1. The number of thioether (sulfide) groups is 1. The third-order valence-electron chi connectivity index (χ3n) is 1.49. The minimum Gasteiger partial charge on any atom is -0.399 e. The Morgan fingerprint density at radius 1 is 1.20 bits per heavy atom. The molecule has 0 saturated heterocycles. The summed E-state index contributed by atoms with van der Waals surface area (Å²) in [6.45, 7) is 0. The van der Waals surface area contributed by atoms with Crippen LogP contribution in [0.25, 0.3) is 0 Å². The van der Waals surface area contributed by atoms with Crippen LogP contribution in [0, 0.1) is 0 Å². The zero-order valence-corrected chi connectivity index (χ0v) is 8.00. The van der Waals surface area contributed by atoms with Gasteiger partial charge in [0.15, 0.2) is 0 Å². The lowest BCUT2D eigenvalue weighted by Gasteiger charge is -2.10. The molecule has 0 spiro atoms. The molecule has 0 heterocycles. The maximum Gasteiger partial charge on any atom is 0.446 e. The van der Waals surface area contributed by atoms with Crippen LogP contribution in [0.4, 0.5) is 27.6 Å². The smallest absolute Gasteiger partial charge is 0.399 e. The van der Waals surface area contributed by atoms with E-state index in [2.05, 4.69) is 0 Å². The first-order valence-corrected chi connectivity index (χ1v) is 4.54. The summed E-state index contributed by atoms with van der Waals surface area (Å²) in [6, 6.07) is 2.94. The highest BCUT2D eigenvalue weighted by atomic mass is 32.2. The third-order valence-corrected chi connectivity index (χ3v) is 2.32. The number of hydrogen-bond acceptors (Lipinski definition) is 2. The van der Waals surface area contributed by atoms with Crippen LogP contribution in [0.3, 0.4) is 0 Å². The van der Waals surface area contributed by atoms with E-state index >= 15 is 0 Å². The lowest BCUT2D eigenvalue weighted by atomic mass is 10.2. The highest BCUT2D eigenvalue weighted by molar-refractivity contribution is 8.00. The molecule has 0 radical (unpaired) electrons. The predicted molar refractivity (Wildman–Crippen MR) is 47.7 cm³/mol. The van der Waals surface area contributed by atoms with Gasteiger partial charge in [-0.25, -0.2) is 8.78 Å². The molecule has 84 valence electrons. The van der Waals surface area contributed by atoms with E-state index in [1.807, 2.05) is 0 Å². The van der Waals surface area contributed by atoms with Crippen LogP contribution in [0.2, 0.25) is 0 Å². The summed E-state index contributed by atoms with van der Waals surface area (Å²) in [7, 11) is 0. The van der Waals surface area contributed by atoms with Crippen LogP contribution in [0.5, 0.6) is 0 Å². The maximum atomic E-state index is 12.3. The standard InChI is InChI=1S/C8H6F5NS/c9-7(10)5-3-4(14)1-2-6(5)15-8(11,12)13/h1-3,7H,14H2. The molecule has 0 aliphatic rings. The molecule has 0 aliphatic heterocycles. The summed E-state index contributed by atoms with van der Waals surface area (Å²) in [5.74, 6) is 0. The van der Waals surface area contributed by atoms with Crippen LogP contribution < -0.4 is 5.73 Å². The Hall–Kier alpha value is -0.980. The van der Waals surface area contributed by atoms with E-state index in [0.717, 1.165) is 18.2 Å². The van der Waals surface area contributed by atoms with Gasteiger partial charge in [-0.15, -0.1) is 0 Å². The zero-order valence-electron chi connectivity index (χ0n) is 7.18. The number of rotatable bonds is 2. The summed E-state index contributed by atoms with van der Waals surface area (Å²) in [4.78, 5) is -0.522. The second kappa shape index (κ2) is 4.26. The van der Waals surface area contributed by atoms with Crippen molar-refractivity contribution in [3.63, 3.8) is 0 Å². The quantitative estimate of drug-likeness (QED) is 0.485. The van der Waals surface area contributed by atoms with Gasteiger partial charge in [-0.1, -0.05) is 0 Å². The lowest BCUT2D eigenvalue weighted by molar-refractivity contribution is -0.0329. The number of alkyl halides is 5. The van der Waals surface area contributed by atoms with Crippen molar-refractivity contribution in [2.45, 2.75) is 16.8 Å². The van der Waals surface area contributed by atoms with Crippen LogP contribution in [0.1, 0.15) is 12.0 Å². The van der Waals surface area contributed by atoms with Crippen LogP contribution >= 0.6 is 11.8 Å². The summed E-state index contributed by atoms with van der Waals surface area (Å²) >= 11 is -0.571. The molecule has 7 heteroatoms. The second-order valence-electron chi connectivity index (χ2n) is 2.65. The monoisotopic (exact) mass is 243 g/mol. The van der Waals surface area contributed by atoms with E-state index < -0.39 is 34.2 Å². The van der Waals surface area contributed by atoms with Gasteiger partial charge in [0.25, 0.3) is 6.43 Å². The van der Waals surface area contributed by atoms with Crippen LogP contribution in [-0.4, -0.2) is 5.51 Å². The minimum absolute atomic E-state index is 0.0109. The second-order valence-corrected chi connectivity index (χ2v) is 3.75. The molecule has 1 rings (SSSR count). The molecule has 1 nitrogen and oxygen atoms in total. The van der Waals surface area contributed by atoms with Crippen molar-refractivity contribution in [3.8, 4) is 0 Å². The van der Waals surface area contributed by atoms with E-state index in [0.29, 0.717) is 0 Å². The average Bonchev–Trinajstić information content (AvgIpc) is 2.05. The van der Waals surface area contributed by atoms with Crippen molar-refractivity contribution >= 4 is 17.4 Å². The molecule has 0 amide bonds. The molecule has 1 aromatic carbocycles. The van der Waals surface area contributed by atoms with E-state index in [1.165, 1.54) is 0 Å². The van der Waals surface area contributed by atoms with Crippen molar-refractivity contribution in [1.82, 2.24) is 0 Å². The molecule has 0 aliphatic carbocycles. The van der Waals surface area contributed by atoms with Crippen molar-refractivity contribution in [2.75, 3.05) is 5.73 Å². The third kappa shape index (κ3) is 3.58. The summed E-state index contributed by atoms with van der Waals surface area (Å²) in [6.07, 6.45) is -2.97. The van der Waals surface area contributed by atoms with Gasteiger partial charge >= 0.3 is 5.51 Å². The molecule has 0 saturated carbocycles. The van der Waals surface area contributed by atoms with Crippen molar-refractivity contribution < 1.29 is 22.0 Å². The fourth-order valence-electron chi connectivity index (χ4n) is 0.955. The Balaban J connectivity index is 3.06. The van der Waals surface area contributed by atoms with Crippen LogP contribution in [-0.2, 0) is 0 Å². The van der Waals surface area contributed by atoms with Crippen molar-refractivity contribution in [1.29, 1.82) is 0 Å². The van der Waals surface area contributed by atoms with Gasteiger partial charge in [0, 0.05) is 16.1 Å². The fourth-order valence-corrected chi connectivity index (χ4v) is 1.61. The SMILES string of the molecule is Nc1ccc(SC(F)(F)F)c(C(F)F)c1. The number of hydrogen-bond donors (Lipinski definition) is 1. The fraction of sp³-hybridized carbons (Fsp3) is 0.250. The van der Waals surface area contributed by atoms with Gasteiger partial charge in [-0.05, 0) is 30.0 Å². The first-order valence-electron chi connectivity index (χ1n) is 3.73. The summed E-state index contributed by atoms with van der Waals surface area (Å²) < 4.78 is 60.6. The lowest BCUT2D eigenvalue weighted by Crippen LogP contribution is -2.02. The largest absolute Gasteiger partial charge is 0.446 e. The highest BCUT2D eigenvalue weighted by Crippen LogP contribution is 2.41. The van der Waals surface area contributed by atoms with Crippen molar-refractivity contribution in [3.05, 3.63) is 23.8 Å². The summed E-state index contributed by atoms with van der Waals surface area (Å²) in [5.41, 5.74) is -0.0644. The van der Waals surface area contributed by atoms with Gasteiger partial charge in [-0.2, -0.15) is 13.2 Å². The van der Waals surface area contributed by atoms with E-state index in [1.54, 1.807) is 0 Å². The number of anilines is 1. The predicted octanol–water partition coefficient (Wildman–Crippen LogP) is 3.82. The Bertz CT molecular complexity index is 349. The zero-order chi connectivity index (χ0) is 11.6. The van der Waals surface area contributed by atoms with Crippen LogP contribution in [0.15, 0.2) is 23.1 Å². The van der Waals surface area contributed by atoms with Crippen molar-refractivity contribution in [2.24, 2.45) is 0 Å². The van der Waals surface area contributed by atoms with Gasteiger partial charge in [-0.3, -0.25) is 0 Å². The molecule has 2 N–H and O–H groups in total. The highest BCUT2D eigenvalue weighted by Gasteiger charge is 2.31. The Labute approximate surface area is 86.5 Å². The molecule has 0 unspecified atom stereocenters. The Morgan fingerprint density at radius 2 is 1.80 bits per heavy atom. The molecule has 1 aromatic rings. The van der Waals surface area contributed by atoms with Gasteiger partial charge < -0.3 is 5.73 Å². The maximum absolute atomic E-state index is 12.3. The number of halogens is 5. The van der Waals surface area contributed by atoms with Gasteiger partial charge in [0.1, 0.15) is 0 Å². The molecule has 0 atom stereocenters. The molecule has 0 bridgehead atoms. The van der Waals surface area contributed by atoms with E-state index in [-0.39, 0.29) is 5.69 Å². The number of benzene rings is 1.